The summed E-state index contributed by atoms with van der Waals surface area (Å²) in [4.78, 5) is 13.1. The number of carbonyl (C=O) groups excluding carboxylic acids is 1. The van der Waals surface area contributed by atoms with Crippen molar-refractivity contribution in [3.05, 3.63) is 36.5 Å². The fraction of sp³-hybridized carbons (Fsp3) is 0.889. The second-order valence-electron chi connectivity index (χ2n) is 21.9. The largest absolute Gasteiger partial charge is 0.394 e. The molecule has 0 aliphatic carbocycles. The van der Waals surface area contributed by atoms with E-state index in [2.05, 4.69) is 43.5 Å². The van der Waals surface area contributed by atoms with Crippen LogP contribution in [-0.4, -0.2) is 87.5 Å². The average molecular weight is 1020 g/mol. The zero-order chi connectivity index (χ0) is 52.2. The summed E-state index contributed by atoms with van der Waals surface area (Å²) in [5, 5.41) is 54.6. The topological polar surface area (TPSA) is 149 Å². The Morgan fingerprint density at radius 3 is 1.19 bits per heavy atom. The van der Waals surface area contributed by atoms with E-state index in [4.69, 9.17) is 9.47 Å². The highest BCUT2D eigenvalue weighted by Crippen LogP contribution is 2.23. The number of nitrogens with one attached hydrogen (secondary N) is 1. The van der Waals surface area contributed by atoms with E-state index in [0.29, 0.717) is 6.42 Å². The minimum atomic E-state index is -1.57. The lowest BCUT2D eigenvalue weighted by Gasteiger charge is -2.40. The van der Waals surface area contributed by atoms with Gasteiger partial charge in [-0.15, -0.1) is 0 Å². The lowest BCUT2D eigenvalue weighted by Crippen LogP contribution is -2.60. The molecule has 7 atom stereocenters. The van der Waals surface area contributed by atoms with Crippen molar-refractivity contribution in [3.8, 4) is 0 Å². The van der Waals surface area contributed by atoms with Gasteiger partial charge >= 0.3 is 0 Å². The zero-order valence-electron chi connectivity index (χ0n) is 47.2. The molecule has 0 spiro atoms. The maximum absolute atomic E-state index is 13.1. The molecular weight excluding hydrogens is 899 g/mol. The number of unbranched alkanes of at least 4 members (excludes halogenated alkanes) is 40. The first kappa shape index (κ1) is 68.4. The molecule has 424 valence electrons. The Kier molecular flexibility index (Phi) is 50.2. The van der Waals surface area contributed by atoms with E-state index < -0.39 is 49.5 Å². The number of allylic oxidation sites excluding steroid dienone is 5. The summed E-state index contributed by atoms with van der Waals surface area (Å²) in [6.45, 7) is 3.82. The van der Waals surface area contributed by atoms with Crippen molar-refractivity contribution in [1.29, 1.82) is 0 Å². The van der Waals surface area contributed by atoms with E-state index in [1.165, 1.54) is 238 Å². The van der Waals surface area contributed by atoms with Crippen LogP contribution in [0.5, 0.6) is 0 Å². The van der Waals surface area contributed by atoms with Crippen LogP contribution >= 0.6 is 0 Å². The molecule has 0 bridgehead atoms. The quantitative estimate of drug-likeness (QED) is 0.0261. The van der Waals surface area contributed by atoms with Gasteiger partial charge in [-0.1, -0.05) is 281 Å². The molecule has 1 fully saturated rings. The number of carbonyl (C=O) groups is 1. The molecule has 0 aromatic rings. The van der Waals surface area contributed by atoms with Crippen LogP contribution < -0.4 is 5.32 Å². The first-order chi connectivity index (χ1) is 35.3. The van der Waals surface area contributed by atoms with Crippen molar-refractivity contribution in [2.75, 3.05) is 13.2 Å². The normalized spacial score (nSPS) is 19.3. The monoisotopic (exact) mass is 1020 g/mol. The predicted molar refractivity (Wildman–Crippen MR) is 304 cm³/mol. The Morgan fingerprint density at radius 2 is 0.819 bits per heavy atom. The van der Waals surface area contributed by atoms with Gasteiger partial charge in [0.05, 0.1) is 25.4 Å². The molecule has 6 N–H and O–H groups in total. The SMILES string of the molecule is CCCCCCCCCCC/C=C\C/C=C\CCCCCCCCCCCCCC(=O)NC(COC1OC(CO)C(O)C(O)C1O)C(O)/C=C/CCCCCCCCCCCCCCCCCCCCCC. The number of aliphatic hydroxyl groups excluding tert-OH is 5. The molecule has 1 rings (SSSR count). The zero-order valence-corrected chi connectivity index (χ0v) is 47.2. The fourth-order valence-electron chi connectivity index (χ4n) is 10.0. The molecule has 1 heterocycles. The van der Waals surface area contributed by atoms with Crippen LogP contribution in [0.25, 0.3) is 0 Å². The molecule has 0 aromatic carbocycles. The van der Waals surface area contributed by atoms with Crippen LogP contribution in [0.2, 0.25) is 0 Å². The molecule has 0 radical (unpaired) electrons. The van der Waals surface area contributed by atoms with Crippen molar-refractivity contribution in [3.63, 3.8) is 0 Å². The van der Waals surface area contributed by atoms with Gasteiger partial charge in [0.25, 0.3) is 0 Å². The van der Waals surface area contributed by atoms with Gasteiger partial charge in [-0.3, -0.25) is 4.79 Å². The lowest BCUT2D eigenvalue weighted by atomic mass is 9.99. The van der Waals surface area contributed by atoms with Crippen LogP contribution in [0, 0.1) is 0 Å². The fourth-order valence-corrected chi connectivity index (χ4v) is 10.0. The third kappa shape index (κ3) is 41.6. The number of ether oxygens (including phenoxy) is 2. The van der Waals surface area contributed by atoms with Gasteiger partial charge in [-0.2, -0.15) is 0 Å². The first-order valence-electron chi connectivity index (χ1n) is 31.2. The van der Waals surface area contributed by atoms with Gasteiger partial charge in [-0.25, -0.2) is 0 Å². The van der Waals surface area contributed by atoms with Gasteiger partial charge in [0.15, 0.2) is 6.29 Å². The molecule has 1 aliphatic heterocycles. The number of aliphatic hydroxyl groups is 5. The van der Waals surface area contributed by atoms with Crippen LogP contribution in [0.15, 0.2) is 36.5 Å². The molecule has 1 aliphatic rings. The second-order valence-corrected chi connectivity index (χ2v) is 21.9. The molecule has 9 nitrogen and oxygen atoms in total. The molecule has 7 unspecified atom stereocenters. The first-order valence-corrected chi connectivity index (χ1v) is 31.2. The summed E-state index contributed by atoms with van der Waals surface area (Å²) in [6, 6.07) is -0.807. The molecule has 9 heteroatoms. The Hall–Kier alpha value is -1.59. The third-order valence-corrected chi connectivity index (χ3v) is 15.0. The highest BCUT2D eigenvalue weighted by atomic mass is 16.7. The Labute approximate surface area is 444 Å². The van der Waals surface area contributed by atoms with Crippen molar-refractivity contribution in [1.82, 2.24) is 5.32 Å². The Balaban J connectivity index is 2.19. The predicted octanol–water partition coefficient (Wildman–Crippen LogP) is 15.9. The van der Waals surface area contributed by atoms with Gasteiger partial charge in [0.2, 0.25) is 5.91 Å². The van der Waals surface area contributed by atoms with Crippen LogP contribution in [0.4, 0.5) is 0 Å². The smallest absolute Gasteiger partial charge is 0.220 e. The van der Waals surface area contributed by atoms with Gasteiger partial charge in [0, 0.05) is 6.42 Å². The van der Waals surface area contributed by atoms with Gasteiger partial charge in [-0.05, 0) is 51.4 Å². The lowest BCUT2D eigenvalue weighted by molar-refractivity contribution is -0.302. The van der Waals surface area contributed by atoms with Crippen molar-refractivity contribution >= 4 is 5.91 Å². The Morgan fingerprint density at radius 1 is 0.472 bits per heavy atom. The average Bonchev–Trinajstić information content (AvgIpc) is 3.38. The summed E-state index contributed by atoms with van der Waals surface area (Å²) < 4.78 is 11.3. The van der Waals surface area contributed by atoms with Crippen LogP contribution in [-0.2, 0) is 14.3 Å². The van der Waals surface area contributed by atoms with E-state index in [9.17, 15) is 30.3 Å². The molecule has 72 heavy (non-hydrogen) atoms. The highest BCUT2D eigenvalue weighted by Gasteiger charge is 2.44. The van der Waals surface area contributed by atoms with Crippen molar-refractivity contribution in [2.45, 2.75) is 346 Å². The van der Waals surface area contributed by atoms with Crippen LogP contribution in [0.3, 0.4) is 0 Å². The molecule has 1 amide bonds. The Bertz CT molecular complexity index is 1230. The van der Waals surface area contributed by atoms with E-state index in [1.807, 2.05) is 6.08 Å². The van der Waals surface area contributed by atoms with E-state index in [0.717, 1.165) is 44.9 Å². The second kappa shape index (κ2) is 52.8. The molecule has 0 aromatic heterocycles. The van der Waals surface area contributed by atoms with Gasteiger partial charge < -0.3 is 40.3 Å². The van der Waals surface area contributed by atoms with E-state index >= 15 is 0 Å². The minimum Gasteiger partial charge on any atom is -0.394 e. The molecule has 1 saturated heterocycles. The molecule has 0 saturated carbocycles. The van der Waals surface area contributed by atoms with Crippen molar-refractivity contribution in [2.24, 2.45) is 0 Å². The standard InChI is InChI=1S/C63H119NO8/c1-3-5-7-9-11-13-15-17-19-21-23-25-27-28-29-30-31-33-35-37-39-41-43-45-47-49-51-53-59(67)64-56(55-71-63-62(70)61(69)60(68)58(54-65)72-63)57(66)52-50-48-46-44-42-40-38-36-34-32-26-24-22-20-18-16-14-12-10-8-6-4-2/h23,25,28-29,50,52,56-58,60-63,65-66,68-70H,3-22,24,26-27,30-49,51,53-55H2,1-2H3,(H,64,67)/b25-23-,29-28-,52-50+. The number of rotatable bonds is 54. The van der Waals surface area contributed by atoms with E-state index in [-0.39, 0.29) is 12.5 Å². The third-order valence-electron chi connectivity index (χ3n) is 15.0. The summed E-state index contributed by atoms with van der Waals surface area (Å²) in [5.74, 6) is -0.175. The van der Waals surface area contributed by atoms with Crippen molar-refractivity contribution < 1.29 is 39.8 Å². The molecular formula is C63H119NO8. The number of hydrogen-bond donors (Lipinski definition) is 6. The van der Waals surface area contributed by atoms with Gasteiger partial charge in [0.1, 0.15) is 24.4 Å². The number of amides is 1. The summed E-state index contributed by atoms with van der Waals surface area (Å²) >= 11 is 0. The summed E-state index contributed by atoms with van der Waals surface area (Å²) in [6.07, 6.45) is 62.2. The maximum Gasteiger partial charge on any atom is 0.220 e. The number of hydrogen-bond acceptors (Lipinski definition) is 8. The van der Waals surface area contributed by atoms with E-state index in [1.54, 1.807) is 6.08 Å². The highest BCUT2D eigenvalue weighted by molar-refractivity contribution is 5.76. The summed E-state index contributed by atoms with van der Waals surface area (Å²) in [5.41, 5.74) is 0. The van der Waals surface area contributed by atoms with Crippen LogP contribution in [0.1, 0.15) is 303 Å². The summed E-state index contributed by atoms with van der Waals surface area (Å²) in [7, 11) is 0. The maximum atomic E-state index is 13.1. The minimum absolute atomic E-state index is 0.175.